The van der Waals surface area contributed by atoms with E-state index in [0.29, 0.717) is 5.02 Å². The molecule has 1 aromatic rings. The lowest BCUT2D eigenvalue weighted by Gasteiger charge is -2.35. The zero-order valence-electron chi connectivity index (χ0n) is 10.9. The van der Waals surface area contributed by atoms with Crippen LogP contribution in [-0.2, 0) is 4.74 Å². The van der Waals surface area contributed by atoms with Gasteiger partial charge in [-0.1, -0.05) is 30.3 Å². The van der Waals surface area contributed by atoms with Crippen molar-refractivity contribution in [2.45, 2.75) is 30.8 Å². The van der Waals surface area contributed by atoms with E-state index in [1.165, 1.54) is 6.26 Å². The zero-order chi connectivity index (χ0) is 14.1. The molecule has 0 aliphatic carbocycles. The molecule has 1 amide bonds. The van der Waals surface area contributed by atoms with Crippen LogP contribution in [0.25, 0.3) is 0 Å². The maximum absolute atomic E-state index is 12.1. The molecule has 2 aliphatic rings. The van der Waals surface area contributed by atoms with E-state index < -0.39 is 0 Å². The number of carbonyl (C=O) groups is 1. The molecule has 104 valence electrons. The third-order valence-corrected chi connectivity index (χ3v) is 4.14. The molecule has 5 heteroatoms. The second-order valence-corrected chi connectivity index (χ2v) is 5.45. The van der Waals surface area contributed by atoms with Crippen LogP contribution in [0.4, 0.5) is 4.79 Å². The van der Waals surface area contributed by atoms with Crippen LogP contribution in [0.3, 0.4) is 0 Å². The van der Waals surface area contributed by atoms with Gasteiger partial charge in [-0.05, 0) is 24.5 Å². The van der Waals surface area contributed by atoms with E-state index in [1.54, 1.807) is 17.3 Å². The highest BCUT2D eigenvalue weighted by Crippen LogP contribution is 2.40. The molecule has 0 N–H and O–H groups in total. The van der Waals surface area contributed by atoms with E-state index in [-0.39, 0.29) is 24.1 Å². The predicted molar refractivity (Wildman–Crippen MR) is 76.5 cm³/mol. The lowest BCUT2D eigenvalue weighted by Crippen LogP contribution is -2.45. The highest BCUT2D eigenvalue weighted by Gasteiger charge is 2.43. The van der Waals surface area contributed by atoms with Gasteiger partial charge in [0.25, 0.3) is 0 Å². The first-order valence-electron chi connectivity index (χ1n) is 6.59. The van der Waals surface area contributed by atoms with Crippen LogP contribution in [0.5, 0.6) is 0 Å². The summed E-state index contributed by atoms with van der Waals surface area (Å²) in [6.45, 7) is 3.44. The topological polar surface area (TPSA) is 42.4 Å². The van der Waals surface area contributed by atoms with Crippen molar-refractivity contribution in [2.75, 3.05) is 0 Å². The summed E-state index contributed by atoms with van der Waals surface area (Å²) in [5.74, 6) is 0.109. The van der Waals surface area contributed by atoms with Gasteiger partial charge in [0, 0.05) is 24.4 Å². The molecule has 3 heterocycles. The summed E-state index contributed by atoms with van der Waals surface area (Å²) >= 11 is 6.01. The maximum atomic E-state index is 12.1. The van der Waals surface area contributed by atoms with Gasteiger partial charge in [-0.15, -0.1) is 0 Å². The van der Waals surface area contributed by atoms with Crippen LogP contribution in [0.1, 0.15) is 24.3 Å². The average Bonchev–Trinajstić information content (AvgIpc) is 2.73. The Morgan fingerprint density at radius 1 is 1.45 bits per heavy atom. The normalized spacial score (nSPS) is 27.4. The van der Waals surface area contributed by atoms with E-state index in [4.69, 9.17) is 16.3 Å². The third-order valence-electron chi connectivity index (χ3n) is 3.93. The van der Waals surface area contributed by atoms with Crippen LogP contribution < -0.4 is 0 Å². The van der Waals surface area contributed by atoms with Crippen molar-refractivity contribution in [3.8, 4) is 0 Å². The van der Waals surface area contributed by atoms with Crippen molar-refractivity contribution < 1.29 is 9.53 Å². The van der Waals surface area contributed by atoms with Gasteiger partial charge in [-0.25, -0.2) is 4.79 Å². The molecular weight excluding hydrogens is 276 g/mol. The molecule has 4 nitrogen and oxygen atoms in total. The molecule has 2 bridgehead atoms. The van der Waals surface area contributed by atoms with Gasteiger partial charge in [0.2, 0.25) is 0 Å². The zero-order valence-corrected chi connectivity index (χ0v) is 11.7. The Morgan fingerprint density at radius 3 is 3.05 bits per heavy atom. The quantitative estimate of drug-likeness (QED) is 0.618. The fourth-order valence-corrected chi connectivity index (χ4v) is 3.31. The van der Waals surface area contributed by atoms with Crippen molar-refractivity contribution in [2.24, 2.45) is 0 Å². The van der Waals surface area contributed by atoms with Crippen molar-refractivity contribution >= 4 is 17.7 Å². The first kappa shape index (κ1) is 13.2. The molecule has 1 saturated heterocycles. The Morgan fingerprint density at radius 2 is 2.30 bits per heavy atom. The number of rotatable bonds is 2. The Bertz CT molecular complexity index is 573. The number of halogens is 1. The van der Waals surface area contributed by atoms with Crippen molar-refractivity contribution in [1.29, 1.82) is 0 Å². The number of pyridine rings is 1. The molecular formula is C15H15ClN2O2. The molecule has 3 atom stereocenters. The van der Waals surface area contributed by atoms with Crippen LogP contribution in [-0.4, -0.2) is 28.1 Å². The lowest BCUT2D eigenvalue weighted by molar-refractivity contribution is 0.116. The molecule has 1 fully saturated rings. The molecule has 2 aliphatic heterocycles. The number of ether oxygens (including phenoxy) is 1. The molecule has 0 spiro atoms. The minimum atomic E-state index is -0.336. The van der Waals surface area contributed by atoms with E-state index in [9.17, 15) is 4.79 Å². The average molecular weight is 291 g/mol. The summed E-state index contributed by atoms with van der Waals surface area (Å²) in [6, 6.07) is 2.12. The molecule has 0 radical (unpaired) electrons. The van der Waals surface area contributed by atoms with Gasteiger partial charge in [-0.2, -0.15) is 0 Å². The summed E-state index contributed by atoms with van der Waals surface area (Å²) in [4.78, 5) is 18.0. The van der Waals surface area contributed by atoms with Gasteiger partial charge < -0.3 is 4.74 Å². The summed E-state index contributed by atoms with van der Waals surface area (Å²) in [7, 11) is 0. The molecule has 0 saturated carbocycles. The summed E-state index contributed by atoms with van der Waals surface area (Å²) in [5, 5.41) is 0.608. The Hall–Kier alpha value is -1.81. The van der Waals surface area contributed by atoms with Crippen molar-refractivity contribution in [1.82, 2.24) is 9.88 Å². The number of carbonyl (C=O) groups excluding carboxylic acids is 1. The van der Waals surface area contributed by atoms with Crippen molar-refractivity contribution in [3.63, 3.8) is 0 Å². The molecule has 20 heavy (non-hydrogen) atoms. The van der Waals surface area contributed by atoms with Gasteiger partial charge in [0.15, 0.2) is 0 Å². The standard InChI is InChI=1S/C15H15ClN2O2/c1-2-20-15(19)18-12-3-5-13(14(18)6-4-12)10-7-11(16)9-17-8-10/h2-3,5,7-9,12-14H,1,4,6H2. The van der Waals surface area contributed by atoms with Gasteiger partial charge >= 0.3 is 6.09 Å². The number of amides is 1. The number of nitrogens with zero attached hydrogens (tertiary/aromatic N) is 2. The van der Waals surface area contributed by atoms with Gasteiger partial charge in [-0.3, -0.25) is 9.88 Å². The number of hydrogen-bond donors (Lipinski definition) is 0. The number of aromatic nitrogens is 1. The Kier molecular flexibility index (Phi) is 3.49. The van der Waals surface area contributed by atoms with Gasteiger partial charge in [0.05, 0.1) is 17.3 Å². The van der Waals surface area contributed by atoms with E-state index in [2.05, 4.69) is 23.7 Å². The lowest BCUT2D eigenvalue weighted by atomic mass is 9.90. The smallest absolute Gasteiger partial charge is 0.415 e. The van der Waals surface area contributed by atoms with Crippen LogP contribution in [0.2, 0.25) is 5.02 Å². The Labute approximate surface area is 122 Å². The predicted octanol–water partition coefficient (Wildman–Crippen LogP) is 3.50. The fraction of sp³-hybridized carbons (Fsp3) is 0.333. The summed E-state index contributed by atoms with van der Waals surface area (Å²) in [6.07, 6.45) is 10.4. The molecule has 3 rings (SSSR count). The second kappa shape index (κ2) is 5.29. The molecule has 0 aromatic carbocycles. The number of fused-ring (bicyclic) bond motifs is 2. The van der Waals surface area contributed by atoms with Crippen LogP contribution >= 0.6 is 11.6 Å². The Balaban J connectivity index is 1.91. The van der Waals surface area contributed by atoms with Crippen LogP contribution in [0, 0.1) is 0 Å². The fourth-order valence-electron chi connectivity index (χ4n) is 3.13. The minimum Gasteiger partial charge on any atom is -0.419 e. The first-order chi connectivity index (χ1) is 9.70. The maximum Gasteiger partial charge on any atom is 0.415 e. The monoisotopic (exact) mass is 290 g/mol. The molecule has 1 aromatic heterocycles. The SMILES string of the molecule is C=COC(=O)N1C2C=CC(c3cncc(Cl)c3)C1CC2. The largest absolute Gasteiger partial charge is 0.419 e. The van der Waals surface area contributed by atoms with Gasteiger partial charge in [0.1, 0.15) is 0 Å². The molecule has 3 unspecified atom stereocenters. The first-order valence-corrected chi connectivity index (χ1v) is 6.97. The van der Waals surface area contributed by atoms with E-state index in [1.807, 2.05) is 6.07 Å². The summed E-state index contributed by atoms with van der Waals surface area (Å²) in [5.41, 5.74) is 1.02. The highest BCUT2D eigenvalue weighted by atomic mass is 35.5. The van der Waals surface area contributed by atoms with Crippen LogP contribution in [0.15, 0.2) is 43.5 Å². The van der Waals surface area contributed by atoms with E-state index >= 15 is 0 Å². The third kappa shape index (κ3) is 2.20. The second-order valence-electron chi connectivity index (χ2n) is 5.02. The number of hydrogen-bond acceptors (Lipinski definition) is 3. The minimum absolute atomic E-state index is 0.0951. The van der Waals surface area contributed by atoms with Crippen molar-refractivity contribution in [3.05, 3.63) is 54.0 Å². The summed E-state index contributed by atoms with van der Waals surface area (Å²) < 4.78 is 4.95. The highest BCUT2D eigenvalue weighted by molar-refractivity contribution is 6.30. The van der Waals surface area contributed by atoms with E-state index in [0.717, 1.165) is 18.4 Å².